The van der Waals surface area contributed by atoms with Crippen LogP contribution in [0.15, 0.2) is 6.33 Å². The summed E-state index contributed by atoms with van der Waals surface area (Å²) in [7, 11) is 1.53. The second-order valence-corrected chi connectivity index (χ2v) is 2.57. The van der Waals surface area contributed by atoms with Crippen LogP contribution in [0.5, 0.6) is 0 Å². The van der Waals surface area contributed by atoms with E-state index in [1.54, 1.807) is 0 Å². The van der Waals surface area contributed by atoms with Gasteiger partial charge in [0.15, 0.2) is 11.5 Å². The molecule has 0 unspecified atom stereocenters. The van der Waals surface area contributed by atoms with E-state index < -0.39 is 5.82 Å². The van der Waals surface area contributed by atoms with Crippen molar-refractivity contribution in [2.75, 3.05) is 13.7 Å². The summed E-state index contributed by atoms with van der Waals surface area (Å²) in [5.41, 5.74) is 0.524. The van der Waals surface area contributed by atoms with Gasteiger partial charge in [0.25, 0.3) is 0 Å². The summed E-state index contributed by atoms with van der Waals surface area (Å²) in [5.74, 6) is 4.80. The van der Waals surface area contributed by atoms with Gasteiger partial charge in [-0.3, -0.25) is 0 Å². The number of halogens is 1. The number of hydrogen-bond donors (Lipinski definition) is 0. The fraction of sp³-hybridized carbons (Fsp3) is 0.400. The summed E-state index contributed by atoms with van der Waals surface area (Å²) in [6.07, 6.45) is 1.85. The molecule has 0 N–H and O–H groups in total. The molecule has 0 spiro atoms. The summed E-state index contributed by atoms with van der Waals surface area (Å²) in [6.45, 7) is 2.10. The van der Waals surface area contributed by atoms with Crippen LogP contribution in [-0.2, 0) is 11.2 Å². The SMILES string of the molecule is CCc1ncnc(C#CCOC)c1F. The van der Waals surface area contributed by atoms with Crippen molar-refractivity contribution in [3.8, 4) is 11.8 Å². The summed E-state index contributed by atoms with van der Waals surface area (Å²) in [5, 5.41) is 0. The van der Waals surface area contributed by atoms with E-state index in [0.717, 1.165) is 0 Å². The zero-order valence-electron chi connectivity index (χ0n) is 8.17. The fourth-order valence-electron chi connectivity index (χ4n) is 0.932. The van der Waals surface area contributed by atoms with Gasteiger partial charge in [-0.2, -0.15) is 0 Å². The maximum absolute atomic E-state index is 13.4. The highest BCUT2D eigenvalue weighted by molar-refractivity contribution is 5.30. The van der Waals surface area contributed by atoms with E-state index in [1.807, 2.05) is 6.92 Å². The van der Waals surface area contributed by atoms with Gasteiger partial charge in [-0.25, -0.2) is 14.4 Å². The first-order chi connectivity index (χ1) is 6.79. The number of ether oxygens (including phenoxy) is 1. The number of aromatic nitrogens is 2. The van der Waals surface area contributed by atoms with Crippen LogP contribution in [0.1, 0.15) is 18.3 Å². The van der Waals surface area contributed by atoms with Gasteiger partial charge < -0.3 is 4.74 Å². The Labute approximate surface area is 82.3 Å². The lowest BCUT2D eigenvalue weighted by molar-refractivity contribution is 0.240. The smallest absolute Gasteiger partial charge is 0.178 e. The molecule has 1 heterocycles. The van der Waals surface area contributed by atoms with E-state index in [4.69, 9.17) is 4.74 Å². The Bertz CT molecular complexity index is 368. The highest BCUT2D eigenvalue weighted by atomic mass is 19.1. The first kappa shape index (κ1) is 10.6. The number of nitrogens with zero attached hydrogens (tertiary/aromatic N) is 2. The Balaban J connectivity index is 2.94. The molecule has 1 aromatic rings. The molecular weight excluding hydrogens is 183 g/mol. The van der Waals surface area contributed by atoms with Crippen molar-refractivity contribution in [1.29, 1.82) is 0 Å². The van der Waals surface area contributed by atoms with Crippen molar-refractivity contribution in [2.45, 2.75) is 13.3 Å². The standard InChI is InChI=1S/C10H11FN2O/c1-3-8-10(11)9(13-7-12-8)5-4-6-14-2/h7H,3,6H2,1-2H3. The molecule has 0 atom stereocenters. The predicted molar refractivity (Wildman–Crippen MR) is 50.1 cm³/mol. The zero-order valence-corrected chi connectivity index (χ0v) is 8.17. The minimum absolute atomic E-state index is 0.133. The molecule has 0 amide bonds. The van der Waals surface area contributed by atoms with Gasteiger partial charge >= 0.3 is 0 Å². The van der Waals surface area contributed by atoms with E-state index >= 15 is 0 Å². The third kappa shape index (κ3) is 2.51. The molecule has 0 bridgehead atoms. The van der Waals surface area contributed by atoms with E-state index in [2.05, 4.69) is 21.8 Å². The molecule has 1 rings (SSSR count). The lowest BCUT2D eigenvalue weighted by Gasteiger charge is -1.98. The average molecular weight is 194 g/mol. The van der Waals surface area contributed by atoms with Gasteiger partial charge in [-0.15, -0.1) is 0 Å². The zero-order chi connectivity index (χ0) is 10.4. The summed E-state index contributed by atoms with van der Waals surface area (Å²) < 4.78 is 18.2. The Morgan fingerprint density at radius 2 is 2.29 bits per heavy atom. The van der Waals surface area contributed by atoms with E-state index in [-0.39, 0.29) is 12.3 Å². The average Bonchev–Trinajstić information content (AvgIpc) is 2.21. The molecule has 0 saturated heterocycles. The van der Waals surface area contributed by atoms with E-state index in [1.165, 1.54) is 13.4 Å². The Hall–Kier alpha value is -1.47. The molecule has 0 fully saturated rings. The van der Waals surface area contributed by atoms with Crippen LogP contribution in [0, 0.1) is 17.7 Å². The molecule has 0 aliphatic heterocycles. The number of rotatable bonds is 2. The number of aryl methyl sites for hydroxylation is 1. The molecule has 0 saturated carbocycles. The van der Waals surface area contributed by atoms with Crippen LogP contribution in [0.3, 0.4) is 0 Å². The quantitative estimate of drug-likeness (QED) is 0.663. The summed E-state index contributed by atoms with van der Waals surface area (Å²) >= 11 is 0. The van der Waals surface area contributed by atoms with Crippen LogP contribution in [-0.4, -0.2) is 23.7 Å². The molecule has 4 heteroatoms. The number of hydrogen-bond acceptors (Lipinski definition) is 3. The van der Waals surface area contributed by atoms with Gasteiger partial charge in [-0.05, 0) is 12.3 Å². The van der Waals surface area contributed by atoms with Crippen LogP contribution >= 0.6 is 0 Å². The molecular formula is C10H11FN2O. The van der Waals surface area contributed by atoms with Crippen LogP contribution < -0.4 is 0 Å². The molecule has 74 valence electrons. The van der Waals surface area contributed by atoms with Crippen molar-refractivity contribution in [3.05, 3.63) is 23.5 Å². The molecule has 0 aromatic carbocycles. The molecule has 1 aromatic heterocycles. The van der Waals surface area contributed by atoms with Crippen molar-refractivity contribution < 1.29 is 9.13 Å². The predicted octanol–water partition coefficient (Wildman–Crippen LogP) is 1.18. The molecule has 3 nitrogen and oxygen atoms in total. The Morgan fingerprint density at radius 1 is 1.50 bits per heavy atom. The van der Waals surface area contributed by atoms with E-state index in [9.17, 15) is 4.39 Å². The minimum Gasteiger partial charge on any atom is -0.372 e. The fourth-order valence-corrected chi connectivity index (χ4v) is 0.932. The summed E-state index contributed by atoms with van der Waals surface area (Å²) in [6, 6.07) is 0. The van der Waals surface area contributed by atoms with Crippen molar-refractivity contribution in [1.82, 2.24) is 9.97 Å². The van der Waals surface area contributed by atoms with Gasteiger partial charge in [0, 0.05) is 7.11 Å². The molecule has 0 radical (unpaired) electrons. The molecule has 14 heavy (non-hydrogen) atoms. The van der Waals surface area contributed by atoms with Gasteiger partial charge in [0.1, 0.15) is 12.9 Å². The van der Waals surface area contributed by atoms with Crippen LogP contribution in [0.2, 0.25) is 0 Å². The Morgan fingerprint density at radius 3 is 2.93 bits per heavy atom. The third-order valence-corrected chi connectivity index (χ3v) is 1.62. The van der Waals surface area contributed by atoms with Crippen LogP contribution in [0.4, 0.5) is 4.39 Å². The maximum Gasteiger partial charge on any atom is 0.178 e. The number of methoxy groups -OCH3 is 1. The maximum atomic E-state index is 13.4. The van der Waals surface area contributed by atoms with E-state index in [0.29, 0.717) is 12.1 Å². The third-order valence-electron chi connectivity index (χ3n) is 1.62. The second-order valence-electron chi connectivity index (χ2n) is 2.57. The normalized spacial score (nSPS) is 9.36. The molecule has 0 aliphatic rings. The first-order valence-corrected chi connectivity index (χ1v) is 4.26. The lowest BCUT2D eigenvalue weighted by Crippen LogP contribution is -1.99. The van der Waals surface area contributed by atoms with Crippen molar-refractivity contribution >= 4 is 0 Å². The largest absolute Gasteiger partial charge is 0.372 e. The topological polar surface area (TPSA) is 35.0 Å². The summed E-state index contributed by atoms with van der Waals surface area (Å²) in [4.78, 5) is 7.54. The first-order valence-electron chi connectivity index (χ1n) is 4.26. The lowest BCUT2D eigenvalue weighted by atomic mass is 10.2. The van der Waals surface area contributed by atoms with Gasteiger partial charge in [0.05, 0.1) is 5.69 Å². The second kappa shape index (κ2) is 5.30. The Kier molecular flexibility index (Phi) is 4.02. The monoisotopic (exact) mass is 194 g/mol. The van der Waals surface area contributed by atoms with Gasteiger partial charge in [0.2, 0.25) is 0 Å². The highest BCUT2D eigenvalue weighted by Crippen LogP contribution is 2.06. The molecule has 0 aliphatic carbocycles. The highest BCUT2D eigenvalue weighted by Gasteiger charge is 2.06. The van der Waals surface area contributed by atoms with Crippen molar-refractivity contribution in [2.24, 2.45) is 0 Å². The van der Waals surface area contributed by atoms with Gasteiger partial charge in [-0.1, -0.05) is 12.8 Å². The van der Waals surface area contributed by atoms with Crippen molar-refractivity contribution in [3.63, 3.8) is 0 Å². The van der Waals surface area contributed by atoms with Crippen LogP contribution in [0.25, 0.3) is 0 Å². The minimum atomic E-state index is -0.432.